The van der Waals surface area contributed by atoms with Gasteiger partial charge >= 0.3 is 0 Å². The largest absolute Gasteiger partial charge is 0.505 e. The highest BCUT2D eigenvalue weighted by Crippen LogP contribution is 2.23. The summed E-state index contributed by atoms with van der Waals surface area (Å²) >= 11 is 0. The first-order chi connectivity index (χ1) is 6.74. The lowest BCUT2D eigenvalue weighted by molar-refractivity contribution is 0.112. The Morgan fingerprint density at radius 1 is 1.36 bits per heavy atom. The standard InChI is InChI=1S/C10H8N2O2/c1-6-2-3-11-10-7(5-13)8(14)4-12-9(6)10/h2-5,14H,1H3. The zero-order chi connectivity index (χ0) is 10.1. The Morgan fingerprint density at radius 3 is 2.86 bits per heavy atom. The van der Waals surface area contributed by atoms with Crippen LogP contribution in [0.4, 0.5) is 0 Å². The number of hydrogen-bond acceptors (Lipinski definition) is 4. The molecule has 0 saturated carbocycles. The van der Waals surface area contributed by atoms with E-state index in [1.165, 1.54) is 6.20 Å². The normalized spacial score (nSPS) is 10.4. The molecular weight excluding hydrogens is 180 g/mol. The first-order valence-electron chi connectivity index (χ1n) is 4.12. The van der Waals surface area contributed by atoms with Crippen LogP contribution in [0.5, 0.6) is 5.75 Å². The highest BCUT2D eigenvalue weighted by atomic mass is 16.3. The van der Waals surface area contributed by atoms with Crippen molar-refractivity contribution in [1.82, 2.24) is 9.97 Å². The maximum atomic E-state index is 10.7. The number of aromatic nitrogens is 2. The zero-order valence-electron chi connectivity index (χ0n) is 7.56. The van der Waals surface area contributed by atoms with Crippen LogP contribution in [0.3, 0.4) is 0 Å². The van der Waals surface area contributed by atoms with Crippen LogP contribution in [0.2, 0.25) is 0 Å². The average molecular weight is 188 g/mol. The summed E-state index contributed by atoms with van der Waals surface area (Å²) in [6, 6.07) is 1.81. The van der Waals surface area contributed by atoms with Crippen molar-refractivity contribution in [1.29, 1.82) is 0 Å². The molecule has 0 aromatic carbocycles. The minimum Gasteiger partial charge on any atom is -0.505 e. The molecule has 4 heteroatoms. The predicted octanol–water partition coefficient (Wildman–Crippen LogP) is 1.46. The molecule has 2 rings (SSSR count). The van der Waals surface area contributed by atoms with E-state index in [0.29, 0.717) is 17.3 Å². The predicted molar refractivity (Wildman–Crippen MR) is 51.3 cm³/mol. The van der Waals surface area contributed by atoms with Gasteiger partial charge in [0.15, 0.2) is 6.29 Å². The number of carbonyl (C=O) groups is 1. The molecule has 2 aromatic heterocycles. The third kappa shape index (κ3) is 1.12. The van der Waals surface area contributed by atoms with Crippen molar-refractivity contribution in [3.05, 3.63) is 29.6 Å². The number of nitrogens with zero attached hydrogens (tertiary/aromatic N) is 2. The minimum absolute atomic E-state index is 0.134. The number of aldehydes is 1. The molecule has 0 radical (unpaired) electrons. The fourth-order valence-corrected chi connectivity index (χ4v) is 1.34. The molecule has 0 aliphatic rings. The lowest BCUT2D eigenvalue weighted by atomic mass is 10.1. The fraction of sp³-hybridized carbons (Fsp3) is 0.100. The number of fused-ring (bicyclic) bond motifs is 1. The molecule has 0 spiro atoms. The molecule has 0 bridgehead atoms. The molecule has 0 amide bonds. The van der Waals surface area contributed by atoms with Gasteiger partial charge in [-0.25, -0.2) is 0 Å². The Hall–Kier alpha value is -1.97. The summed E-state index contributed by atoms with van der Waals surface area (Å²) in [5.41, 5.74) is 2.21. The third-order valence-corrected chi connectivity index (χ3v) is 2.09. The molecule has 2 aromatic rings. The van der Waals surface area contributed by atoms with E-state index in [1.807, 2.05) is 6.92 Å². The summed E-state index contributed by atoms with van der Waals surface area (Å²) in [7, 11) is 0. The highest BCUT2D eigenvalue weighted by Gasteiger charge is 2.09. The second-order valence-electron chi connectivity index (χ2n) is 3.00. The van der Waals surface area contributed by atoms with Crippen LogP contribution in [0, 0.1) is 6.92 Å². The molecule has 0 fully saturated rings. The molecule has 0 saturated heterocycles. The Labute approximate surface area is 80.2 Å². The quantitative estimate of drug-likeness (QED) is 0.688. The van der Waals surface area contributed by atoms with Gasteiger partial charge in [-0.1, -0.05) is 0 Å². The summed E-state index contributed by atoms with van der Waals surface area (Å²) in [6.45, 7) is 1.88. The van der Waals surface area contributed by atoms with E-state index in [0.717, 1.165) is 5.56 Å². The van der Waals surface area contributed by atoms with Gasteiger partial charge in [-0.05, 0) is 18.6 Å². The first-order valence-corrected chi connectivity index (χ1v) is 4.12. The van der Waals surface area contributed by atoms with E-state index in [1.54, 1.807) is 12.3 Å². The number of pyridine rings is 2. The van der Waals surface area contributed by atoms with Crippen molar-refractivity contribution in [2.45, 2.75) is 6.92 Å². The number of hydrogen-bond donors (Lipinski definition) is 1. The van der Waals surface area contributed by atoms with E-state index >= 15 is 0 Å². The van der Waals surface area contributed by atoms with Crippen LogP contribution in [0.25, 0.3) is 11.0 Å². The van der Waals surface area contributed by atoms with Crippen molar-refractivity contribution in [3.8, 4) is 5.75 Å². The SMILES string of the molecule is Cc1ccnc2c(C=O)c(O)cnc12. The molecule has 0 aliphatic carbocycles. The molecule has 0 aliphatic heterocycles. The van der Waals surface area contributed by atoms with Crippen LogP contribution in [0.1, 0.15) is 15.9 Å². The number of carbonyl (C=O) groups excluding carboxylic acids is 1. The Balaban J connectivity index is 2.95. The summed E-state index contributed by atoms with van der Waals surface area (Å²) in [4.78, 5) is 18.8. The van der Waals surface area contributed by atoms with Crippen molar-refractivity contribution >= 4 is 17.3 Å². The maximum absolute atomic E-state index is 10.7. The molecule has 0 atom stereocenters. The summed E-state index contributed by atoms with van der Waals surface area (Å²) < 4.78 is 0. The molecular formula is C10H8N2O2. The van der Waals surface area contributed by atoms with Crippen LogP contribution >= 0.6 is 0 Å². The summed E-state index contributed by atoms with van der Waals surface area (Å²) in [6.07, 6.45) is 3.44. The Morgan fingerprint density at radius 2 is 2.14 bits per heavy atom. The van der Waals surface area contributed by atoms with E-state index in [-0.39, 0.29) is 11.3 Å². The number of rotatable bonds is 1. The van der Waals surface area contributed by atoms with Gasteiger partial charge in [0, 0.05) is 6.20 Å². The van der Waals surface area contributed by atoms with Crippen molar-refractivity contribution in [3.63, 3.8) is 0 Å². The fourth-order valence-electron chi connectivity index (χ4n) is 1.34. The van der Waals surface area contributed by atoms with Gasteiger partial charge in [0.2, 0.25) is 0 Å². The van der Waals surface area contributed by atoms with Gasteiger partial charge in [0.1, 0.15) is 11.3 Å². The monoisotopic (exact) mass is 188 g/mol. The van der Waals surface area contributed by atoms with Crippen LogP contribution in [-0.4, -0.2) is 21.4 Å². The van der Waals surface area contributed by atoms with Crippen molar-refractivity contribution in [2.24, 2.45) is 0 Å². The molecule has 70 valence electrons. The molecule has 2 heterocycles. The average Bonchev–Trinajstić information content (AvgIpc) is 2.18. The Bertz CT molecular complexity index is 509. The molecule has 14 heavy (non-hydrogen) atoms. The summed E-state index contributed by atoms with van der Waals surface area (Å²) in [5, 5.41) is 9.37. The zero-order valence-corrected chi connectivity index (χ0v) is 7.56. The second-order valence-corrected chi connectivity index (χ2v) is 3.00. The lowest BCUT2D eigenvalue weighted by Gasteiger charge is -2.03. The van der Waals surface area contributed by atoms with Gasteiger partial charge in [-0.15, -0.1) is 0 Å². The molecule has 1 N–H and O–H groups in total. The topological polar surface area (TPSA) is 63.1 Å². The van der Waals surface area contributed by atoms with Gasteiger partial charge in [-0.3, -0.25) is 14.8 Å². The van der Waals surface area contributed by atoms with Gasteiger partial charge in [0.25, 0.3) is 0 Å². The van der Waals surface area contributed by atoms with Crippen molar-refractivity contribution in [2.75, 3.05) is 0 Å². The van der Waals surface area contributed by atoms with Gasteiger partial charge < -0.3 is 5.11 Å². The molecule has 4 nitrogen and oxygen atoms in total. The van der Waals surface area contributed by atoms with Crippen LogP contribution in [-0.2, 0) is 0 Å². The van der Waals surface area contributed by atoms with Crippen LogP contribution < -0.4 is 0 Å². The van der Waals surface area contributed by atoms with Gasteiger partial charge in [-0.2, -0.15) is 0 Å². The highest BCUT2D eigenvalue weighted by molar-refractivity contribution is 5.97. The molecule has 0 unspecified atom stereocenters. The maximum Gasteiger partial charge on any atom is 0.156 e. The Kier molecular flexibility index (Phi) is 1.89. The van der Waals surface area contributed by atoms with E-state index in [9.17, 15) is 9.90 Å². The number of aryl methyl sites for hydroxylation is 1. The van der Waals surface area contributed by atoms with E-state index in [2.05, 4.69) is 9.97 Å². The number of aromatic hydroxyl groups is 1. The first kappa shape index (κ1) is 8.62. The lowest BCUT2D eigenvalue weighted by Crippen LogP contribution is -1.92. The van der Waals surface area contributed by atoms with Crippen molar-refractivity contribution < 1.29 is 9.90 Å². The smallest absolute Gasteiger partial charge is 0.156 e. The second kappa shape index (κ2) is 3.06. The van der Waals surface area contributed by atoms with E-state index < -0.39 is 0 Å². The van der Waals surface area contributed by atoms with E-state index in [4.69, 9.17) is 0 Å². The summed E-state index contributed by atoms with van der Waals surface area (Å²) in [5.74, 6) is -0.134. The van der Waals surface area contributed by atoms with Crippen LogP contribution in [0.15, 0.2) is 18.5 Å². The van der Waals surface area contributed by atoms with Gasteiger partial charge in [0.05, 0.1) is 17.3 Å². The minimum atomic E-state index is -0.134. The third-order valence-electron chi connectivity index (χ3n) is 2.09.